The number of rotatable bonds is 3. The highest BCUT2D eigenvalue weighted by Gasteiger charge is 2.26. The van der Waals surface area contributed by atoms with E-state index in [4.69, 9.17) is 16.7 Å². The Balaban J connectivity index is 1.74. The second-order valence-corrected chi connectivity index (χ2v) is 6.98. The summed E-state index contributed by atoms with van der Waals surface area (Å²) in [5, 5.41) is 11.6. The van der Waals surface area contributed by atoms with Crippen LogP contribution in [0.25, 0.3) is 5.52 Å². The predicted octanol–water partition coefficient (Wildman–Crippen LogP) is 3.53. The van der Waals surface area contributed by atoms with E-state index in [1.54, 1.807) is 6.20 Å². The topological polar surface area (TPSA) is 79.5 Å². The fraction of sp³-hybridized carbons (Fsp3) is 0.500. The summed E-state index contributed by atoms with van der Waals surface area (Å²) in [5.41, 5.74) is 0.870. The normalized spacial score (nSPS) is 21.9. The van der Waals surface area contributed by atoms with Crippen molar-refractivity contribution in [3.8, 4) is 0 Å². The minimum atomic E-state index is -0.946. The number of imidazole rings is 1. The van der Waals surface area contributed by atoms with Crippen LogP contribution in [0.2, 0.25) is 5.15 Å². The average molecular weight is 435 g/mol. The van der Waals surface area contributed by atoms with Gasteiger partial charge in [-0.2, -0.15) is 0 Å². The molecule has 1 fully saturated rings. The van der Waals surface area contributed by atoms with Crippen molar-refractivity contribution in [2.45, 2.75) is 31.6 Å². The van der Waals surface area contributed by atoms with Crippen LogP contribution in [0, 0.1) is 9.62 Å². The molecule has 1 amide bonds. The Morgan fingerprint density at radius 3 is 2.86 bits per heavy atom. The van der Waals surface area contributed by atoms with Gasteiger partial charge in [-0.05, 0) is 54.2 Å². The van der Waals surface area contributed by atoms with Gasteiger partial charge in [-0.25, -0.2) is 14.8 Å². The van der Waals surface area contributed by atoms with Gasteiger partial charge in [-0.1, -0.05) is 11.6 Å². The SMILES string of the molecule is O=C(O)NCC1CCC(c2nc(I)c3c(Cl)nccn23)CC1. The molecule has 1 aliphatic carbocycles. The van der Waals surface area contributed by atoms with Crippen LogP contribution in [0.5, 0.6) is 0 Å². The minimum absolute atomic E-state index is 0.385. The van der Waals surface area contributed by atoms with Gasteiger partial charge in [0.1, 0.15) is 15.0 Å². The van der Waals surface area contributed by atoms with Crippen molar-refractivity contribution in [1.82, 2.24) is 19.7 Å². The molecule has 118 valence electrons. The summed E-state index contributed by atoms with van der Waals surface area (Å²) in [7, 11) is 0. The van der Waals surface area contributed by atoms with Gasteiger partial charge in [0.25, 0.3) is 0 Å². The third-order valence-electron chi connectivity index (χ3n) is 4.25. The summed E-state index contributed by atoms with van der Waals surface area (Å²) in [6, 6.07) is 0. The number of nitrogens with one attached hydrogen (secondary N) is 1. The highest BCUT2D eigenvalue weighted by molar-refractivity contribution is 14.1. The first kappa shape index (κ1) is 15.8. The smallest absolute Gasteiger partial charge is 0.404 e. The summed E-state index contributed by atoms with van der Waals surface area (Å²) in [6.45, 7) is 0.539. The van der Waals surface area contributed by atoms with Crippen LogP contribution in [0.4, 0.5) is 4.79 Å². The Hall–Kier alpha value is -1.09. The Labute approximate surface area is 146 Å². The lowest BCUT2D eigenvalue weighted by atomic mass is 9.81. The zero-order chi connectivity index (χ0) is 15.7. The molecule has 0 saturated heterocycles. The van der Waals surface area contributed by atoms with Gasteiger partial charge in [0.05, 0.1) is 0 Å². The standard InChI is InChI=1S/C14H16ClIN4O2/c15-11-10-12(16)19-13(20(10)6-5-17-11)9-3-1-8(2-4-9)7-18-14(21)22/h5-6,8-9,18H,1-4,7H2,(H,21,22). The largest absolute Gasteiger partial charge is 0.465 e. The lowest BCUT2D eigenvalue weighted by Crippen LogP contribution is -2.30. The second kappa shape index (κ2) is 6.57. The summed E-state index contributed by atoms with van der Waals surface area (Å²) >= 11 is 8.36. The number of carbonyl (C=O) groups is 1. The zero-order valence-electron chi connectivity index (χ0n) is 11.8. The first-order chi connectivity index (χ1) is 10.6. The molecule has 0 atom stereocenters. The monoisotopic (exact) mass is 434 g/mol. The van der Waals surface area contributed by atoms with E-state index in [2.05, 4.69) is 37.9 Å². The van der Waals surface area contributed by atoms with Crippen LogP contribution < -0.4 is 5.32 Å². The van der Waals surface area contributed by atoms with E-state index < -0.39 is 6.09 Å². The molecule has 1 saturated carbocycles. The van der Waals surface area contributed by atoms with Crippen molar-refractivity contribution >= 4 is 45.8 Å². The molecule has 0 spiro atoms. The maximum atomic E-state index is 10.6. The number of carboxylic acid groups (broad SMARTS) is 1. The Morgan fingerprint density at radius 1 is 1.45 bits per heavy atom. The van der Waals surface area contributed by atoms with Gasteiger partial charge in [0, 0.05) is 24.9 Å². The van der Waals surface area contributed by atoms with Crippen LogP contribution in [0.1, 0.15) is 37.4 Å². The van der Waals surface area contributed by atoms with Gasteiger partial charge in [-0.15, -0.1) is 0 Å². The van der Waals surface area contributed by atoms with E-state index >= 15 is 0 Å². The van der Waals surface area contributed by atoms with Crippen molar-refractivity contribution in [3.63, 3.8) is 0 Å². The van der Waals surface area contributed by atoms with Gasteiger partial charge in [-0.3, -0.25) is 4.40 Å². The quantitative estimate of drug-likeness (QED) is 0.724. The van der Waals surface area contributed by atoms with Crippen LogP contribution in [0.15, 0.2) is 12.4 Å². The number of halogens is 2. The maximum absolute atomic E-state index is 10.6. The molecule has 1 aliphatic rings. The number of fused-ring (bicyclic) bond motifs is 1. The van der Waals surface area contributed by atoms with Crippen molar-refractivity contribution < 1.29 is 9.90 Å². The van der Waals surface area contributed by atoms with E-state index in [1.165, 1.54) is 0 Å². The van der Waals surface area contributed by atoms with Gasteiger partial charge >= 0.3 is 6.09 Å². The molecule has 3 rings (SSSR count). The van der Waals surface area contributed by atoms with E-state index in [0.29, 0.717) is 23.5 Å². The van der Waals surface area contributed by atoms with Crippen molar-refractivity contribution in [2.75, 3.05) is 6.54 Å². The molecule has 0 aromatic carbocycles. The highest BCUT2D eigenvalue weighted by atomic mass is 127. The van der Waals surface area contributed by atoms with Crippen LogP contribution in [-0.4, -0.2) is 32.1 Å². The van der Waals surface area contributed by atoms with Crippen LogP contribution in [0.3, 0.4) is 0 Å². The van der Waals surface area contributed by atoms with Crippen molar-refractivity contribution in [3.05, 3.63) is 27.1 Å². The Morgan fingerprint density at radius 2 is 2.18 bits per heavy atom. The molecular weight excluding hydrogens is 419 g/mol. The van der Waals surface area contributed by atoms with E-state index in [9.17, 15) is 4.79 Å². The third kappa shape index (κ3) is 3.15. The number of hydrogen-bond donors (Lipinski definition) is 2. The van der Waals surface area contributed by atoms with Crippen LogP contribution >= 0.6 is 34.2 Å². The van der Waals surface area contributed by atoms with Crippen molar-refractivity contribution in [1.29, 1.82) is 0 Å². The first-order valence-corrected chi connectivity index (χ1v) is 8.66. The van der Waals surface area contributed by atoms with Gasteiger partial charge in [0.2, 0.25) is 0 Å². The van der Waals surface area contributed by atoms with E-state index in [-0.39, 0.29) is 0 Å². The molecule has 0 aliphatic heterocycles. The Kier molecular flexibility index (Phi) is 4.72. The number of nitrogens with zero attached hydrogens (tertiary/aromatic N) is 3. The Bertz CT molecular complexity index is 697. The molecule has 2 heterocycles. The van der Waals surface area contributed by atoms with Gasteiger partial charge < -0.3 is 10.4 Å². The molecule has 22 heavy (non-hydrogen) atoms. The number of aromatic nitrogens is 3. The molecule has 0 radical (unpaired) electrons. The maximum Gasteiger partial charge on any atom is 0.404 e. The molecule has 2 aromatic heterocycles. The lowest BCUT2D eigenvalue weighted by molar-refractivity contribution is 0.189. The molecule has 0 bridgehead atoms. The van der Waals surface area contributed by atoms with Crippen molar-refractivity contribution in [2.24, 2.45) is 5.92 Å². The molecule has 6 nitrogen and oxygen atoms in total. The molecular formula is C14H16ClIN4O2. The molecule has 8 heteroatoms. The minimum Gasteiger partial charge on any atom is -0.465 e. The second-order valence-electron chi connectivity index (χ2n) is 5.60. The fourth-order valence-electron chi connectivity index (χ4n) is 3.13. The third-order valence-corrected chi connectivity index (χ3v) is 5.28. The number of hydrogen-bond acceptors (Lipinski definition) is 3. The highest BCUT2D eigenvalue weighted by Crippen LogP contribution is 2.36. The van der Waals surface area contributed by atoms with E-state index in [0.717, 1.165) is 40.7 Å². The molecule has 0 unspecified atom stereocenters. The summed E-state index contributed by atoms with van der Waals surface area (Å²) < 4.78 is 2.91. The zero-order valence-corrected chi connectivity index (χ0v) is 14.7. The summed E-state index contributed by atoms with van der Waals surface area (Å²) in [4.78, 5) is 19.4. The number of amides is 1. The lowest BCUT2D eigenvalue weighted by Gasteiger charge is -2.27. The average Bonchev–Trinajstić information content (AvgIpc) is 2.84. The molecule has 2 aromatic rings. The van der Waals surface area contributed by atoms with Crippen LogP contribution in [-0.2, 0) is 0 Å². The fourth-order valence-corrected chi connectivity index (χ4v) is 4.29. The first-order valence-electron chi connectivity index (χ1n) is 7.21. The van der Waals surface area contributed by atoms with Gasteiger partial charge in [0.15, 0.2) is 5.15 Å². The summed E-state index contributed by atoms with van der Waals surface area (Å²) in [6.07, 6.45) is 6.70. The molecule has 2 N–H and O–H groups in total. The summed E-state index contributed by atoms with van der Waals surface area (Å²) in [5.74, 6) is 1.84. The van der Waals surface area contributed by atoms with E-state index in [1.807, 2.05) is 10.6 Å². The predicted molar refractivity (Wildman–Crippen MR) is 91.4 cm³/mol.